The van der Waals surface area contributed by atoms with Crippen molar-refractivity contribution in [3.8, 4) is 23.0 Å². The van der Waals surface area contributed by atoms with Crippen LogP contribution in [0, 0.1) is 20.8 Å². The van der Waals surface area contributed by atoms with Gasteiger partial charge in [-0.05, 0) is 44.0 Å². The molecule has 2 aromatic carbocycles. The highest BCUT2D eigenvalue weighted by molar-refractivity contribution is 6.00. The molecule has 0 bridgehead atoms. The number of aldehydes is 1. The number of urea groups is 1. The summed E-state index contributed by atoms with van der Waals surface area (Å²) in [7, 11) is 1.31. The number of methoxy groups -OCH3 is 1. The monoisotopic (exact) mass is 450 g/mol. The van der Waals surface area contributed by atoms with Gasteiger partial charge in [-0.3, -0.25) is 10.0 Å². The van der Waals surface area contributed by atoms with Crippen LogP contribution in [-0.4, -0.2) is 51.9 Å². The van der Waals surface area contributed by atoms with Crippen LogP contribution >= 0.6 is 0 Å². The van der Waals surface area contributed by atoms with Crippen LogP contribution in [0.1, 0.15) is 47.8 Å². The van der Waals surface area contributed by atoms with E-state index in [0.717, 1.165) is 0 Å². The van der Waals surface area contributed by atoms with E-state index in [0.29, 0.717) is 11.8 Å². The highest BCUT2D eigenvalue weighted by Crippen LogP contribution is 2.36. The van der Waals surface area contributed by atoms with E-state index in [9.17, 15) is 34.5 Å². The highest BCUT2D eigenvalue weighted by Gasteiger charge is 2.25. The second-order valence-electron chi connectivity index (χ2n) is 6.36. The number of rotatable bonds is 5. The third-order valence-corrected chi connectivity index (χ3v) is 4.27. The SMILES string of the molecule is COc1cc(C)c(C(=O)Oc2cc(C)c(O)c(C(=O)O)c2C)c(O)c1C=O.NC(=O)NO. The Hall–Kier alpha value is -4.32. The van der Waals surface area contributed by atoms with Crippen LogP contribution in [0.2, 0.25) is 0 Å². The summed E-state index contributed by atoms with van der Waals surface area (Å²) in [4.78, 5) is 44.4. The number of esters is 1. The summed E-state index contributed by atoms with van der Waals surface area (Å²) in [5.41, 5.74) is 5.15. The topological polar surface area (TPSA) is 206 Å². The Bertz CT molecular complexity index is 1080. The number of benzene rings is 2. The first kappa shape index (κ1) is 25.7. The molecule has 2 aromatic rings. The Labute approximate surface area is 181 Å². The average Bonchev–Trinajstić information content (AvgIpc) is 2.71. The lowest BCUT2D eigenvalue weighted by molar-refractivity contribution is 0.0681. The van der Waals surface area contributed by atoms with E-state index in [2.05, 4.69) is 5.73 Å². The molecule has 32 heavy (non-hydrogen) atoms. The van der Waals surface area contributed by atoms with Crippen molar-refractivity contribution in [2.24, 2.45) is 5.73 Å². The van der Waals surface area contributed by atoms with Crippen LogP contribution in [0.15, 0.2) is 12.1 Å². The number of hydroxylamine groups is 1. The zero-order chi connectivity index (χ0) is 24.7. The summed E-state index contributed by atoms with van der Waals surface area (Å²) in [5.74, 6) is -3.38. The first-order chi connectivity index (χ1) is 14.9. The number of phenols is 2. The number of hydrogen-bond donors (Lipinski definition) is 6. The fourth-order valence-corrected chi connectivity index (χ4v) is 2.71. The Morgan fingerprint density at radius 1 is 1.00 bits per heavy atom. The molecule has 0 aliphatic rings. The largest absolute Gasteiger partial charge is 0.507 e. The summed E-state index contributed by atoms with van der Waals surface area (Å²) < 4.78 is 10.3. The maximum atomic E-state index is 12.6. The van der Waals surface area contributed by atoms with Crippen molar-refractivity contribution in [3.63, 3.8) is 0 Å². The van der Waals surface area contributed by atoms with Gasteiger partial charge in [-0.15, -0.1) is 0 Å². The van der Waals surface area contributed by atoms with Crippen molar-refractivity contribution in [1.82, 2.24) is 5.48 Å². The fourth-order valence-electron chi connectivity index (χ4n) is 2.71. The standard InChI is InChI=1S/C19H18O8.CH4N2O2/c1-8-5-13(26-4)11(7-20)17(22)14(8)19(25)27-12-6-9(2)16(21)15(10(12)3)18(23)24;2-1(4)3-5/h5-7,21-22H,1-4H3,(H,23,24);5H,(H3,2,3,4). The number of aryl methyl sites for hydroxylation is 2. The molecule has 12 heteroatoms. The lowest BCUT2D eigenvalue weighted by atomic mass is 10.0. The number of aromatic carboxylic acids is 1. The van der Waals surface area contributed by atoms with Gasteiger partial charge in [-0.25, -0.2) is 19.9 Å². The minimum Gasteiger partial charge on any atom is -0.507 e. The molecule has 0 heterocycles. The smallest absolute Gasteiger partial charge is 0.347 e. The van der Waals surface area contributed by atoms with Crippen LogP contribution < -0.4 is 20.7 Å². The van der Waals surface area contributed by atoms with E-state index in [1.807, 2.05) is 0 Å². The Balaban J connectivity index is 0.000000920. The molecule has 0 saturated carbocycles. The van der Waals surface area contributed by atoms with E-state index >= 15 is 0 Å². The molecule has 2 rings (SSSR count). The van der Waals surface area contributed by atoms with Gasteiger partial charge in [0.15, 0.2) is 6.29 Å². The zero-order valence-electron chi connectivity index (χ0n) is 17.5. The molecule has 0 spiro atoms. The number of ether oxygens (including phenoxy) is 2. The average molecular weight is 450 g/mol. The molecule has 0 unspecified atom stereocenters. The maximum Gasteiger partial charge on any atom is 0.347 e. The number of hydrogen-bond acceptors (Lipinski definition) is 9. The summed E-state index contributed by atoms with van der Waals surface area (Å²) in [6.45, 7) is 4.35. The minimum absolute atomic E-state index is 0.0419. The molecule has 0 saturated heterocycles. The number of aromatic hydroxyl groups is 2. The summed E-state index contributed by atoms with van der Waals surface area (Å²) in [6.07, 6.45) is 0.350. The third-order valence-electron chi connectivity index (χ3n) is 4.27. The van der Waals surface area contributed by atoms with Gasteiger partial charge in [0, 0.05) is 5.56 Å². The van der Waals surface area contributed by atoms with Gasteiger partial charge in [0.05, 0.1) is 12.7 Å². The van der Waals surface area contributed by atoms with E-state index in [-0.39, 0.29) is 39.3 Å². The number of carboxylic acid groups (broad SMARTS) is 1. The highest BCUT2D eigenvalue weighted by atomic mass is 16.5. The Morgan fingerprint density at radius 3 is 1.97 bits per heavy atom. The summed E-state index contributed by atoms with van der Waals surface area (Å²) >= 11 is 0. The molecular weight excluding hydrogens is 428 g/mol. The second kappa shape index (κ2) is 10.6. The van der Waals surface area contributed by atoms with Gasteiger partial charge < -0.3 is 30.5 Å². The van der Waals surface area contributed by atoms with Gasteiger partial charge in [-0.2, -0.15) is 0 Å². The zero-order valence-corrected chi connectivity index (χ0v) is 17.5. The van der Waals surface area contributed by atoms with Gasteiger partial charge in [0.1, 0.15) is 34.1 Å². The van der Waals surface area contributed by atoms with Crippen molar-refractivity contribution in [2.75, 3.05) is 7.11 Å². The molecule has 0 radical (unpaired) electrons. The maximum absolute atomic E-state index is 12.6. The van der Waals surface area contributed by atoms with Gasteiger partial charge in [-0.1, -0.05) is 0 Å². The number of primary amides is 1. The summed E-state index contributed by atoms with van der Waals surface area (Å²) in [5, 5.41) is 36.9. The van der Waals surface area contributed by atoms with Crippen molar-refractivity contribution in [1.29, 1.82) is 0 Å². The predicted molar refractivity (Wildman–Crippen MR) is 109 cm³/mol. The van der Waals surface area contributed by atoms with E-state index < -0.39 is 29.5 Å². The molecular formula is C20H22N2O10. The van der Waals surface area contributed by atoms with E-state index in [1.165, 1.54) is 45.5 Å². The first-order valence-electron chi connectivity index (χ1n) is 8.75. The molecule has 0 fully saturated rings. The number of carbonyl (C=O) groups excluding carboxylic acids is 3. The number of carboxylic acids is 1. The Morgan fingerprint density at radius 2 is 1.53 bits per heavy atom. The number of phenolic OH excluding ortho intramolecular Hbond substituents is 1. The van der Waals surface area contributed by atoms with Crippen molar-refractivity contribution in [3.05, 3.63) is 45.5 Å². The lowest BCUT2D eigenvalue weighted by Crippen LogP contribution is -2.25. The van der Waals surface area contributed by atoms with Crippen LogP contribution in [0.25, 0.3) is 0 Å². The molecule has 0 aromatic heterocycles. The normalized spacial score (nSPS) is 9.78. The van der Waals surface area contributed by atoms with Crippen LogP contribution in [-0.2, 0) is 0 Å². The molecule has 0 aliphatic carbocycles. The van der Waals surface area contributed by atoms with Crippen molar-refractivity contribution < 1.29 is 49.2 Å². The molecule has 12 nitrogen and oxygen atoms in total. The van der Waals surface area contributed by atoms with Gasteiger partial charge >= 0.3 is 18.0 Å². The predicted octanol–water partition coefficient (Wildman–Crippen LogP) is 1.81. The van der Waals surface area contributed by atoms with Crippen molar-refractivity contribution >= 4 is 24.3 Å². The number of carbonyl (C=O) groups is 4. The fraction of sp³-hybridized carbons (Fsp3) is 0.200. The Kier molecular flexibility index (Phi) is 8.54. The molecule has 0 atom stereocenters. The van der Waals surface area contributed by atoms with Gasteiger partial charge in [0.2, 0.25) is 0 Å². The number of nitrogens with one attached hydrogen (secondary N) is 1. The van der Waals surface area contributed by atoms with Crippen molar-refractivity contribution in [2.45, 2.75) is 20.8 Å². The molecule has 2 amide bonds. The first-order valence-corrected chi connectivity index (χ1v) is 8.75. The van der Waals surface area contributed by atoms with Crippen LogP contribution in [0.4, 0.5) is 4.79 Å². The number of nitrogens with two attached hydrogens (primary N) is 1. The minimum atomic E-state index is -1.38. The van der Waals surface area contributed by atoms with Gasteiger partial charge in [0.25, 0.3) is 0 Å². The van der Waals surface area contributed by atoms with Crippen LogP contribution in [0.3, 0.4) is 0 Å². The lowest BCUT2D eigenvalue weighted by Gasteiger charge is -2.16. The molecule has 7 N–H and O–H groups in total. The second-order valence-corrected chi connectivity index (χ2v) is 6.36. The van der Waals surface area contributed by atoms with E-state index in [1.54, 1.807) is 0 Å². The number of amides is 2. The molecule has 0 aliphatic heterocycles. The van der Waals surface area contributed by atoms with E-state index in [4.69, 9.17) is 14.7 Å². The van der Waals surface area contributed by atoms with Crippen LogP contribution in [0.5, 0.6) is 23.0 Å². The summed E-state index contributed by atoms with van der Waals surface area (Å²) in [6, 6.07) is 1.77. The molecule has 172 valence electrons. The third kappa shape index (κ3) is 5.43. The quantitative estimate of drug-likeness (QED) is 0.128.